The normalized spacial score (nSPS) is 14.6. The van der Waals surface area contributed by atoms with E-state index in [0.29, 0.717) is 5.92 Å². The number of nitrogens with one attached hydrogen (secondary N) is 1. The maximum absolute atomic E-state index is 5.08. The van der Waals surface area contributed by atoms with E-state index in [9.17, 15) is 0 Å². The van der Waals surface area contributed by atoms with Crippen molar-refractivity contribution in [1.82, 2.24) is 15.1 Å². The smallest absolute Gasteiger partial charge is 0.0678 e. The number of benzene rings is 1. The molecule has 0 spiro atoms. The van der Waals surface area contributed by atoms with Gasteiger partial charge < -0.3 is 10.1 Å². The monoisotopic (exact) mass is 285 g/mol. The molecule has 4 heteroatoms. The average Bonchev–Trinajstić information content (AvgIpc) is 3.25. The van der Waals surface area contributed by atoms with E-state index in [-0.39, 0.29) is 0 Å². The number of ether oxygens (including phenoxy) is 1. The van der Waals surface area contributed by atoms with Gasteiger partial charge in [-0.05, 0) is 31.4 Å². The lowest BCUT2D eigenvalue weighted by molar-refractivity contribution is 0.199. The molecule has 0 aliphatic heterocycles. The summed E-state index contributed by atoms with van der Waals surface area (Å²) < 4.78 is 7.22. The SMILES string of the molecule is COCCNCc1cnn(-c2ccccc2C)c1C1CC1. The highest BCUT2D eigenvalue weighted by Crippen LogP contribution is 2.42. The van der Waals surface area contributed by atoms with Crippen molar-refractivity contribution < 1.29 is 4.74 Å². The standard InChI is InChI=1S/C17H23N3O/c1-13-5-3-4-6-16(13)20-17(14-7-8-14)15(12-19-20)11-18-9-10-21-2/h3-6,12,14,18H,7-11H2,1-2H3. The Kier molecular flexibility index (Phi) is 4.36. The summed E-state index contributed by atoms with van der Waals surface area (Å²) in [4.78, 5) is 0. The minimum Gasteiger partial charge on any atom is -0.383 e. The van der Waals surface area contributed by atoms with Gasteiger partial charge in [-0.1, -0.05) is 18.2 Å². The van der Waals surface area contributed by atoms with Crippen LogP contribution >= 0.6 is 0 Å². The number of aryl methyl sites for hydroxylation is 1. The largest absolute Gasteiger partial charge is 0.383 e. The Morgan fingerprint density at radius 2 is 2.14 bits per heavy atom. The molecule has 1 saturated carbocycles. The summed E-state index contributed by atoms with van der Waals surface area (Å²) in [7, 11) is 1.73. The minimum absolute atomic E-state index is 0.673. The number of hydrogen-bond donors (Lipinski definition) is 1. The first-order valence-electron chi connectivity index (χ1n) is 7.63. The number of rotatable bonds is 7. The number of hydrogen-bond acceptors (Lipinski definition) is 3. The molecule has 0 bridgehead atoms. The molecule has 4 nitrogen and oxygen atoms in total. The average molecular weight is 285 g/mol. The van der Waals surface area contributed by atoms with E-state index >= 15 is 0 Å². The van der Waals surface area contributed by atoms with Crippen LogP contribution in [0.4, 0.5) is 0 Å². The molecule has 1 heterocycles. The van der Waals surface area contributed by atoms with E-state index in [4.69, 9.17) is 4.74 Å². The first-order valence-corrected chi connectivity index (χ1v) is 7.63. The number of para-hydroxylation sites is 1. The summed E-state index contributed by atoms with van der Waals surface area (Å²) in [6, 6.07) is 8.45. The molecule has 1 N–H and O–H groups in total. The van der Waals surface area contributed by atoms with Gasteiger partial charge in [-0.15, -0.1) is 0 Å². The highest BCUT2D eigenvalue weighted by molar-refractivity contribution is 5.43. The van der Waals surface area contributed by atoms with E-state index < -0.39 is 0 Å². The van der Waals surface area contributed by atoms with Crippen molar-refractivity contribution in [3.05, 3.63) is 47.3 Å². The lowest BCUT2D eigenvalue weighted by Crippen LogP contribution is -2.19. The zero-order valence-electron chi connectivity index (χ0n) is 12.8. The first kappa shape index (κ1) is 14.3. The number of methoxy groups -OCH3 is 1. The summed E-state index contributed by atoms with van der Waals surface area (Å²) in [5.74, 6) is 0.673. The molecule has 21 heavy (non-hydrogen) atoms. The molecule has 0 radical (unpaired) electrons. The van der Waals surface area contributed by atoms with Gasteiger partial charge in [0, 0.05) is 31.7 Å². The Morgan fingerprint density at radius 3 is 2.86 bits per heavy atom. The van der Waals surface area contributed by atoms with E-state index in [1.807, 2.05) is 6.20 Å². The van der Waals surface area contributed by atoms with Gasteiger partial charge in [0.2, 0.25) is 0 Å². The molecule has 1 aliphatic carbocycles. The second-order valence-corrected chi connectivity index (χ2v) is 5.70. The quantitative estimate of drug-likeness (QED) is 0.795. The van der Waals surface area contributed by atoms with Gasteiger partial charge >= 0.3 is 0 Å². The van der Waals surface area contributed by atoms with Crippen LogP contribution in [0.5, 0.6) is 0 Å². The van der Waals surface area contributed by atoms with Gasteiger partial charge in [0.15, 0.2) is 0 Å². The van der Waals surface area contributed by atoms with Crippen LogP contribution in [0.2, 0.25) is 0 Å². The predicted octanol–water partition coefficient (Wildman–Crippen LogP) is 2.79. The summed E-state index contributed by atoms with van der Waals surface area (Å²) in [5, 5.41) is 8.08. The molecule has 0 unspecified atom stereocenters. The Morgan fingerprint density at radius 1 is 1.33 bits per heavy atom. The van der Waals surface area contributed by atoms with Crippen molar-refractivity contribution in [2.24, 2.45) is 0 Å². The third-order valence-corrected chi connectivity index (χ3v) is 3.99. The molecule has 1 aromatic carbocycles. The van der Waals surface area contributed by atoms with Crippen molar-refractivity contribution in [3.63, 3.8) is 0 Å². The molecule has 3 rings (SSSR count). The second-order valence-electron chi connectivity index (χ2n) is 5.70. The van der Waals surface area contributed by atoms with Gasteiger partial charge in [0.25, 0.3) is 0 Å². The molecule has 1 aliphatic rings. The van der Waals surface area contributed by atoms with Gasteiger partial charge in [-0.2, -0.15) is 5.10 Å². The molecule has 112 valence electrons. The van der Waals surface area contributed by atoms with Gasteiger partial charge in [0.05, 0.1) is 24.2 Å². The lowest BCUT2D eigenvalue weighted by atomic mass is 10.1. The molecular formula is C17H23N3O. The highest BCUT2D eigenvalue weighted by atomic mass is 16.5. The molecule has 0 atom stereocenters. The summed E-state index contributed by atoms with van der Waals surface area (Å²) in [5.41, 5.74) is 5.16. The van der Waals surface area contributed by atoms with E-state index in [2.05, 4.69) is 46.3 Å². The van der Waals surface area contributed by atoms with Crippen molar-refractivity contribution in [1.29, 1.82) is 0 Å². The van der Waals surface area contributed by atoms with Crippen molar-refractivity contribution >= 4 is 0 Å². The fourth-order valence-electron chi connectivity index (χ4n) is 2.71. The summed E-state index contributed by atoms with van der Waals surface area (Å²) in [6.45, 7) is 4.62. The molecule has 1 aromatic heterocycles. The Balaban J connectivity index is 1.85. The van der Waals surface area contributed by atoms with Crippen molar-refractivity contribution in [2.75, 3.05) is 20.3 Å². The third-order valence-electron chi connectivity index (χ3n) is 3.99. The minimum atomic E-state index is 0.673. The molecule has 2 aromatic rings. The summed E-state index contributed by atoms with van der Waals surface area (Å²) >= 11 is 0. The third kappa shape index (κ3) is 3.17. The topological polar surface area (TPSA) is 39.1 Å². The van der Waals surface area contributed by atoms with Crippen LogP contribution in [0.3, 0.4) is 0 Å². The van der Waals surface area contributed by atoms with Crippen LogP contribution in [-0.2, 0) is 11.3 Å². The number of nitrogens with zero attached hydrogens (tertiary/aromatic N) is 2. The lowest BCUT2D eigenvalue weighted by Gasteiger charge is -2.11. The Labute approximate surface area is 126 Å². The highest BCUT2D eigenvalue weighted by Gasteiger charge is 2.30. The van der Waals surface area contributed by atoms with E-state index in [0.717, 1.165) is 19.7 Å². The Hall–Kier alpha value is -1.65. The van der Waals surface area contributed by atoms with Gasteiger partial charge in [-0.25, -0.2) is 4.68 Å². The van der Waals surface area contributed by atoms with Crippen LogP contribution in [0.1, 0.15) is 35.6 Å². The molecular weight excluding hydrogens is 262 g/mol. The predicted molar refractivity (Wildman–Crippen MR) is 83.9 cm³/mol. The molecule has 1 fully saturated rings. The second kappa shape index (κ2) is 6.41. The van der Waals surface area contributed by atoms with Crippen molar-refractivity contribution in [3.8, 4) is 5.69 Å². The summed E-state index contributed by atoms with van der Waals surface area (Å²) in [6.07, 6.45) is 4.57. The fraction of sp³-hybridized carbons (Fsp3) is 0.471. The Bertz CT molecular complexity index is 602. The van der Waals surface area contributed by atoms with Gasteiger partial charge in [-0.3, -0.25) is 0 Å². The zero-order chi connectivity index (χ0) is 14.7. The maximum atomic E-state index is 5.08. The van der Waals surface area contributed by atoms with Crippen LogP contribution < -0.4 is 5.32 Å². The van der Waals surface area contributed by atoms with Crippen LogP contribution in [0.15, 0.2) is 30.5 Å². The fourth-order valence-corrected chi connectivity index (χ4v) is 2.71. The zero-order valence-corrected chi connectivity index (χ0v) is 12.8. The van der Waals surface area contributed by atoms with Crippen LogP contribution in [0, 0.1) is 6.92 Å². The molecule has 0 amide bonds. The molecule has 0 saturated heterocycles. The van der Waals surface area contributed by atoms with E-state index in [1.54, 1.807) is 7.11 Å². The van der Waals surface area contributed by atoms with Crippen LogP contribution in [0.25, 0.3) is 5.69 Å². The number of aromatic nitrogens is 2. The van der Waals surface area contributed by atoms with Crippen molar-refractivity contribution in [2.45, 2.75) is 32.2 Å². The first-order chi connectivity index (χ1) is 10.3. The maximum Gasteiger partial charge on any atom is 0.0678 e. The van der Waals surface area contributed by atoms with Gasteiger partial charge in [0.1, 0.15) is 0 Å². The van der Waals surface area contributed by atoms with E-state index in [1.165, 1.54) is 35.3 Å². The van der Waals surface area contributed by atoms with Crippen LogP contribution in [-0.4, -0.2) is 30.0 Å².